The topological polar surface area (TPSA) is 85.7 Å². The van der Waals surface area contributed by atoms with Crippen LogP contribution in [0.25, 0.3) is 11.3 Å². The number of rotatable bonds is 6. The molecule has 3 N–H and O–H groups in total. The minimum absolute atomic E-state index is 0. The van der Waals surface area contributed by atoms with Gasteiger partial charge in [-0.15, -0.1) is 29.3 Å². The minimum atomic E-state index is -0.125. The Kier molecular flexibility index (Phi) is 12.3. The summed E-state index contributed by atoms with van der Waals surface area (Å²) in [6, 6.07) is 11.1. The Bertz CT molecular complexity index is 788. The summed E-state index contributed by atoms with van der Waals surface area (Å²) >= 11 is 0. The van der Waals surface area contributed by atoms with Gasteiger partial charge in [0.25, 0.3) is 0 Å². The van der Waals surface area contributed by atoms with Gasteiger partial charge in [-0.2, -0.15) is 0 Å². The molecule has 0 bridgehead atoms. The summed E-state index contributed by atoms with van der Waals surface area (Å²) in [5.41, 5.74) is 4.71. The number of hydrogen-bond donors (Lipinski definition) is 3. The Hall–Kier alpha value is -2.01. The number of nitrogens with zero attached hydrogens (tertiary/aromatic N) is 2. The van der Waals surface area contributed by atoms with Crippen molar-refractivity contribution in [2.75, 3.05) is 26.0 Å². The van der Waals surface area contributed by atoms with Crippen LogP contribution in [0.3, 0.4) is 0 Å². The van der Waals surface area contributed by atoms with Crippen LogP contribution in [0, 0.1) is 6.07 Å². The van der Waals surface area contributed by atoms with Gasteiger partial charge in [0.2, 0.25) is 0 Å². The Morgan fingerprint density at radius 3 is 2.46 bits per heavy atom. The van der Waals surface area contributed by atoms with Gasteiger partial charge in [-0.05, 0) is 58.0 Å². The van der Waals surface area contributed by atoms with Crippen molar-refractivity contribution < 1.29 is 36.1 Å². The van der Waals surface area contributed by atoms with Gasteiger partial charge in [-0.3, -0.25) is 4.79 Å². The molecule has 7 heteroatoms. The molecular formula is C21H28N3O3Pt-. The van der Waals surface area contributed by atoms with E-state index in [-0.39, 0.29) is 39.2 Å². The molecule has 0 radical (unpaired) electrons. The van der Waals surface area contributed by atoms with Crippen molar-refractivity contribution in [2.24, 2.45) is 0 Å². The first-order valence-corrected chi connectivity index (χ1v) is 8.59. The normalized spacial score (nSPS) is 10.4. The van der Waals surface area contributed by atoms with Crippen molar-refractivity contribution in [1.29, 1.82) is 0 Å². The van der Waals surface area contributed by atoms with Crippen LogP contribution in [0.1, 0.15) is 25.0 Å². The van der Waals surface area contributed by atoms with Crippen LogP contribution in [-0.4, -0.2) is 42.1 Å². The Morgan fingerprint density at radius 1 is 1.32 bits per heavy atom. The largest absolute Gasteiger partial charge is 0.512 e. The summed E-state index contributed by atoms with van der Waals surface area (Å²) in [5, 5.41) is 21.1. The first-order chi connectivity index (χ1) is 12.8. The van der Waals surface area contributed by atoms with E-state index in [0.29, 0.717) is 0 Å². The third-order valence-electron chi connectivity index (χ3n) is 3.57. The molecule has 2 aromatic rings. The predicted octanol–water partition coefficient (Wildman–Crippen LogP) is 2.86. The zero-order chi connectivity index (χ0) is 20.4. The smallest absolute Gasteiger partial charge is 0.155 e. The molecule has 0 atom stereocenters. The van der Waals surface area contributed by atoms with Crippen LogP contribution in [0.15, 0.2) is 42.3 Å². The summed E-state index contributed by atoms with van der Waals surface area (Å²) in [5.74, 6) is -0.0625. The van der Waals surface area contributed by atoms with E-state index in [1.165, 1.54) is 19.9 Å². The van der Waals surface area contributed by atoms with Crippen LogP contribution < -0.4 is 10.2 Å². The Balaban J connectivity index is 0.000000786. The van der Waals surface area contributed by atoms with E-state index < -0.39 is 0 Å². The summed E-state index contributed by atoms with van der Waals surface area (Å²) in [7, 11) is 5.85. The number of nitrogens with one attached hydrogen (secondary N) is 1. The second-order valence-corrected chi connectivity index (χ2v) is 6.29. The van der Waals surface area contributed by atoms with Crippen LogP contribution in [0.5, 0.6) is 0 Å². The number of benzene rings is 1. The quantitative estimate of drug-likeness (QED) is 0.284. The minimum Gasteiger partial charge on any atom is -0.512 e. The maximum absolute atomic E-state index is 10.0. The van der Waals surface area contributed by atoms with Gasteiger partial charge in [0, 0.05) is 46.5 Å². The van der Waals surface area contributed by atoms with Crippen LogP contribution in [-0.2, 0) is 39.0 Å². The number of anilines is 1. The van der Waals surface area contributed by atoms with E-state index >= 15 is 0 Å². The van der Waals surface area contributed by atoms with Gasteiger partial charge in [0.15, 0.2) is 5.78 Å². The number of carbonyl (C=O) groups excluding carboxylic acids is 1. The standard InChI is InChI=1S/C16H20N3O.C5H8O2.Pt/c1-17-10-12-6-7-18-16(8-12)15-5-4-14(19(2)3)9-13(15)11-20;1-4(6)3-5(2)7;/h4,6-9,17,20H,10-11H2,1-3H3;3,6H,1-2H3;/q-1;;/b;4-3-;. The Labute approximate surface area is 181 Å². The summed E-state index contributed by atoms with van der Waals surface area (Å²) in [4.78, 5) is 16.4. The third kappa shape index (κ3) is 8.78. The number of ketones is 1. The molecule has 1 aromatic heterocycles. The zero-order valence-electron chi connectivity index (χ0n) is 16.9. The number of aliphatic hydroxyl groups is 2. The second kappa shape index (κ2) is 13.2. The zero-order valence-corrected chi connectivity index (χ0v) is 19.2. The van der Waals surface area contributed by atoms with Crippen molar-refractivity contribution in [3.8, 4) is 11.3 Å². The average Bonchev–Trinajstić information content (AvgIpc) is 2.61. The molecule has 0 unspecified atom stereocenters. The van der Waals surface area contributed by atoms with Crippen molar-refractivity contribution in [3.05, 3.63) is 59.5 Å². The molecule has 0 saturated heterocycles. The first-order valence-electron chi connectivity index (χ1n) is 8.59. The maximum Gasteiger partial charge on any atom is 0.155 e. The molecule has 0 fully saturated rings. The van der Waals surface area contributed by atoms with Crippen LogP contribution in [0.2, 0.25) is 0 Å². The van der Waals surface area contributed by atoms with Gasteiger partial charge >= 0.3 is 0 Å². The summed E-state index contributed by atoms with van der Waals surface area (Å²) in [6.45, 7) is 3.62. The van der Waals surface area contributed by atoms with Crippen molar-refractivity contribution >= 4 is 11.5 Å². The maximum atomic E-state index is 10.0. The van der Waals surface area contributed by atoms with Gasteiger partial charge in [-0.25, -0.2) is 0 Å². The molecule has 156 valence electrons. The number of aromatic nitrogens is 1. The summed E-state index contributed by atoms with van der Waals surface area (Å²) in [6.07, 6.45) is 2.96. The molecule has 1 heterocycles. The fourth-order valence-corrected chi connectivity index (χ4v) is 2.37. The van der Waals surface area contributed by atoms with Crippen molar-refractivity contribution in [3.63, 3.8) is 0 Å². The molecule has 0 amide bonds. The van der Waals surface area contributed by atoms with Gasteiger partial charge in [0.1, 0.15) is 0 Å². The van der Waals surface area contributed by atoms with Crippen LogP contribution >= 0.6 is 0 Å². The van der Waals surface area contributed by atoms with Gasteiger partial charge < -0.3 is 25.4 Å². The number of hydrogen-bond acceptors (Lipinski definition) is 6. The molecule has 0 spiro atoms. The van der Waals surface area contributed by atoms with Crippen molar-refractivity contribution in [2.45, 2.75) is 27.0 Å². The molecule has 0 aliphatic rings. The molecule has 0 saturated carbocycles. The molecule has 1 aromatic carbocycles. The summed E-state index contributed by atoms with van der Waals surface area (Å²) < 4.78 is 0. The molecule has 6 nitrogen and oxygen atoms in total. The predicted molar refractivity (Wildman–Crippen MR) is 109 cm³/mol. The van der Waals surface area contributed by atoms with E-state index in [1.54, 1.807) is 6.20 Å². The molecule has 2 rings (SSSR count). The van der Waals surface area contributed by atoms with E-state index in [1.807, 2.05) is 50.3 Å². The van der Waals surface area contributed by atoms with Crippen molar-refractivity contribution in [1.82, 2.24) is 10.3 Å². The number of allylic oxidation sites excluding steroid dienone is 2. The van der Waals surface area contributed by atoms with E-state index in [4.69, 9.17) is 5.11 Å². The number of aliphatic hydroxyl groups excluding tert-OH is 2. The van der Waals surface area contributed by atoms with Gasteiger partial charge in [0.05, 0.1) is 5.76 Å². The molecule has 28 heavy (non-hydrogen) atoms. The number of pyridine rings is 1. The molecule has 0 aliphatic carbocycles. The van der Waals surface area contributed by atoms with E-state index in [2.05, 4.69) is 16.4 Å². The third-order valence-corrected chi connectivity index (χ3v) is 3.57. The fourth-order valence-electron chi connectivity index (χ4n) is 2.37. The molecular weight excluding hydrogens is 537 g/mol. The van der Waals surface area contributed by atoms with Gasteiger partial charge in [-0.1, -0.05) is 6.07 Å². The fraction of sp³-hybridized carbons (Fsp3) is 0.333. The Morgan fingerprint density at radius 2 is 2.00 bits per heavy atom. The van der Waals surface area contributed by atoms with Crippen LogP contribution in [0.4, 0.5) is 5.69 Å². The van der Waals surface area contributed by atoms with E-state index in [9.17, 15) is 9.90 Å². The second-order valence-electron chi connectivity index (χ2n) is 6.29. The average molecular weight is 566 g/mol. The molecule has 0 aliphatic heterocycles. The SMILES string of the molecule is CC(=O)/C=C(/C)O.CNCc1ccnc(-c2[c-]cc(N(C)C)cc2CO)c1.[Pt]. The first kappa shape index (κ1) is 26.0. The van der Waals surface area contributed by atoms with E-state index in [0.717, 1.165) is 34.6 Å². The monoisotopic (exact) mass is 565 g/mol. The number of carbonyl (C=O) groups is 1.